The fraction of sp³-hybridized carbons (Fsp3) is 0.154. The minimum absolute atomic E-state index is 0.0202. The largest absolute Gasteiger partial charge is 0.497 e. The number of aromatic amines is 1. The fourth-order valence-corrected chi connectivity index (χ4v) is 4.69. The third-order valence-electron chi connectivity index (χ3n) is 6.44. The standard InChI is InChI=1S/C26H20N4O6/c1-34-19-9-5-16(6-10-19)23-22-24(28-27-23)26(31)29(13-15-2-11-20-21(12-15)36-14-35-20)25(22)17-3-7-18(8-4-17)30(32)33/h2-12,25H,13-14H2,1H3,(H,27,28). The Balaban J connectivity index is 1.44. The second-order valence-corrected chi connectivity index (χ2v) is 8.46. The summed E-state index contributed by atoms with van der Waals surface area (Å²) in [5, 5.41) is 18.6. The van der Waals surface area contributed by atoms with Gasteiger partial charge in [-0.15, -0.1) is 0 Å². The van der Waals surface area contributed by atoms with Gasteiger partial charge in [0.05, 0.1) is 23.8 Å². The van der Waals surface area contributed by atoms with Crippen molar-refractivity contribution in [3.05, 3.63) is 99.2 Å². The van der Waals surface area contributed by atoms with Crippen LogP contribution in [-0.4, -0.2) is 39.8 Å². The van der Waals surface area contributed by atoms with Crippen LogP contribution in [0.15, 0.2) is 66.7 Å². The number of ether oxygens (including phenoxy) is 3. The number of nitro benzene ring substituents is 1. The van der Waals surface area contributed by atoms with Crippen LogP contribution < -0.4 is 14.2 Å². The minimum Gasteiger partial charge on any atom is -0.497 e. The van der Waals surface area contributed by atoms with Crippen molar-refractivity contribution in [3.8, 4) is 28.5 Å². The monoisotopic (exact) mass is 484 g/mol. The zero-order chi connectivity index (χ0) is 24.8. The Morgan fingerprint density at radius 2 is 1.83 bits per heavy atom. The summed E-state index contributed by atoms with van der Waals surface area (Å²) in [5.74, 6) is 1.79. The van der Waals surface area contributed by atoms with E-state index >= 15 is 0 Å². The molecule has 6 rings (SSSR count). The van der Waals surface area contributed by atoms with E-state index < -0.39 is 11.0 Å². The molecule has 3 heterocycles. The number of methoxy groups -OCH3 is 1. The molecule has 0 saturated heterocycles. The number of fused-ring (bicyclic) bond motifs is 2. The number of aromatic nitrogens is 2. The molecule has 0 bridgehead atoms. The van der Waals surface area contributed by atoms with Crippen LogP contribution in [0.4, 0.5) is 5.69 Å². The number of amides is 1. The van der Waals surface area contributed by atoms with E-state index in [1.54, 1.807) is 24.1 Å². The molecule has 2 aliphatic rings. The summed E-state index contributed by atoms with van der Waals surface area (Å²) in [6.45, 7) is 0.454. The van der Waals surface area contributed by atoms with E-state index in [0.717, 1.165) is 22.3 Å². The second-order valence-electron chi connectivity index (χ2n) is 8.46. The zero-order valence-corrected chi connectivity index (χ0v) is 19.1. The lowest BCUT2D eigenvalue weighted by molar-refractivity contribution is -0.384. The first-order valence-electron chi connectivity index (χ1n) is 11.2. The van der Waals surface area contributed by atoms with E-state index in [1.165, 1.54) is 12.1 Å². The highest BCUT2D eigenvalue weighted by Gasteiger charge is 2.42. The molecule has 180 valence electrons. The SMILES string of the molecule is COc1ccc(-c2n[nH]c3c2C(c2ccc([N+](=O)[O-])cc2)N(Cc2ccc4c(c2)OCO4)C3=O)cc1. The molecule has 0 saturated carbocycles. The summed E-state index contributed by atoms with van der Waals surface area (Å²) in [6, 6.07) is 18.8. The smallest absolute Gasteiger partial charge is 0.273 e. The summed E-state index contributed by atoms with van der Waals surface area (Å²) >= 11 is 0. The van der Waals surface area contributed by atoms with Crippen molar-refractivity contribution >= 4 is 11.6 Å². The molecule has 1 unspecified atom stereocenters. The van der Waals surface area contributed by atoms with Crippen molar-refractivity contribution in [1.82, 2.24) is 15.1 Å². The third-order valence-corrected chi connectivity index (χ3v) is 6.44. The highest BCUT2D eigenvalue weighted by atomic mass is 16.7. The molecule has 0 spiro atoms. The van der Waals surface area contributed by atoms with E-state index in [9.17, 15) is 14.9 Å². The van der Waals surface area contributed by atoms with Crippen LogP contribution in [0.2, 0.25) is 0 Å². The maximum atomic E-state index is 13.6. The quantitative estimate of drug-likeness (QED) is 0.317. The van der Waals surface area contributed by atoms with Crippen LogP contribution in [-0.2, 0) is 6.54 Å². The molecule has 1 N–H and O–H groups in total. The van der Waals surface area contributed by atoms with Crippen LogP contribution >= 0.6 is 0 Å². The van der Waals surface area contributed by atoms with Crippen LogP contribution in [0.25, 0.3) is 11.3 Å². The zero-order valence-electron chi connectivity index (χ0n) is 19.1. The number of hydrogen-bond donors (Lipinski definition) is 1. The van der Waals surface area contributed by atoms with E-state index in [0.29, 0.717) is 35.2 Å². The lowest BCUT2D eigenvalue weighted by Gasteiger charge is -2.26. The lowest BCUT2D eigenvalue weighted by Crippen LogP contribution is -2.29. The number of rotatable bonds is 6. The number of non-ortho nitro benzene ring substituents is 1. The Kier molecular flexibility index (Phi) is 5.06. The number of nitrogens with zero attached hydrogens (tertiary/aromatic N) is 3. The molecule has 4 aromatic rings. The molecule has 1 atom stereocenters. The molecule has 2 aliphatic heterocycles. The average molecular weight is 484 g/mol. The van der Waals surface area contributed by atoms with E-state index in [4.69, 9.17) is 14.2 Å². The number of carbonyl (C=O) groups excluding carboxylic acids is 1. The Morgan fingerprint density at radius 1 is 1.08 bits per heavy atom. The van der Waals surface area contributed by atoms with Gasteiger partial charge in [0, 0.05) is 29.8 Å². The van der Waals surface area contributed by atoms with Gasteiger partial charge in [-0.1, -0.05) is 6.07 Å². The highest BCUT2D eigenvalue weighted by Crippen LogP contribution is 2.44. The van der Waals surface area contributed by atoms with Crippen molar-refractivity contribution in [1.29, 1.82) is 0 Å². The Hall–Kier alpha value is -4.86. The topological polar surface area (TPSA) is 120 Å². The normalized spacial score (nSPS) is 15.8. The van der Waals surface area contributed by atoms with Crippen molar-refractivity contribution in [2.45, 2.75) is 12.6 Å². The molecule has 10 heteroatoms. The number of carbonyl (C=O) groups is 1. The average Bonchev–Trinajstić information content (AvgIpc) is 3.61. The number of nitro groups is 1. The van der Waals surface area contributed by atoms with Gasteiger partial charge in [0.25, 0.3) is 11.6 Å². The van der Waals surface area contributed by atoms with Gasteiger partial charge in [-0.3, -0.25) is 20.0 Å². The molecule has 10 nitrogen and oxygen atoms in total. The molecule has 1 amide bonds. The van der Waals surface area contributed by atoms with Gasteiger partial charge in [0.2, 0.25) is 6.79 Å². The Bertz CT molecular complexity index is 1480. The molecule has 3 aromatic carbocycles. The molecule has 36 heavy (non-hydrogen) atoms. The van der Waals surface area contributed by atoms with Gasteiger partial charge >= 0.3 is 0 Å². The van der Waals surface area contributed by atoms with E-state index in [2.05, 4.69) is 10.2 Å². The highest BCUT2D eigenvalue weighted by molar-refractivity contribution is 6.00. The first-order chi connectivity index (χ1) is 17.5. The van der Waals surface area contributed by atoms with Crippen LogP contribution in [0.3, 0.4) is 0 Å². The van der Waals surface area contributed by atoms with Gasteiger partial charge in [-0.2, -0.15) is 5.10 Å². The maximum Gasteiger partial charge on any atom is 0.273 e. The van der Waals surface area contributed by atoms with Gasteiger partial charge < -0.3 is 19.1 Å². The van der Waals surface area contributed by atoms with Crippen LogP contribution in [0.1, 0.15) is 33.2 Å². The first-order valence-corrected chi connectivity index (χ1v) is 11.2. The second kappa shape index (κ2) is 8.42. The predicted octanol–water partition coefficient (Wildman–Crippen LogP) is 4.47. The minimum atomic E-state index is -0.505. The molecular formula is C26H20N4O6. The lowest BCUT2D eigenvalue weighted by atomic mass is 9.95. The maximum absolute atomic E-state index is 13.6. The Labute approximate surface area is 205 Å². The number of H-pyrrole nitrogens is 1. The summed E-state index contributed by atoms with van der Waals surface area (Å²) in [5.41, 5.74) is 4.15. The predicted molar refractivity (Wildman–Crippen MR) is 128 cm³/mol. The van der Waals surface area contributed by atoms with Crippen molar-refractivity contribution in [3.63, 3.8) is 0 Å². The molecular weight excluding hydrogens is 464 g/mol. The van der Waals surface area contributed by atoms with Gasteiger partial charge in [-0.05, 0) is 59.7 Å². The summed E-state index contributed by atoms with van der Waals surface area (Å²) in [7, 11) is 1.60. The summed E-state index contributed by atoms with van der Waals surface area (Å²) in [4.78, 5) is 26.1. The van der Waals surface area contributed by atoms with Crippen molar-refractivity contribution < 1.29 is 23.9 Å². The van der Waals surface area contributed by atoms with E-state index in [1.807, 2.05) is 42.5 Å². The number of hydrogen-bond acceptors (Lipinski definition) is 7. The number of benzene rings is 3. The van der Waals surface area contributed by atoms with Gasteiger partial charge in [0.1, 0.15) is 11.4 Å². The van der Waals surface area contributed by atoms with Crippen molar-refractivity contribution in [2.75, 3.05) is 13.9 Å². The van der Waals surface area contributed by atoms with Gasteiger partial charge in [0.15, 0.2) is 11.5 Å². The summed E-state index contributed by atoms with van der Waals surface area (Å²) in [6.07, 6.45) is 0. The van der Waals surface area contributed by atoms with Gasteiger partial charge in [-0.25, -0.2) is 0 Å². The third kappa shape index (κ3) is 3.50. The number of nitrogens with one attached hydrogen (secondary N) is 1. The first kappa shape index (κ1) is 21.7. The van der Waals surface area contributed by atoms with Crippen LogP contribution in [0, 0.1) is 10.1 Å². The Morgan fingerprint density at radius 3 is 2.56 bits per heavy atom. The van der Waals surface area contributed by atoms with Crippen molar-refractivity contribution in [2.24, 2.45) is 0 Å². The summed E-state index contributed by atoms with van der Waals surface area (Å²) < 4.78 is 16.2. The molecule has 0 aliphatic carbocycles. The van der Waals surface area contributed by atoms with Crippen LogP contribution in [0.5, 0.6) is 17.2 Å². The molecule has 1 aromatic heterocycles. The van der Waals surface area contributed by atoms with E-state index in [-0.39, 0.29) is 18.4 Å². The molecule has 0 fully saturated rings. The fourth-order valence-electron chi connectivity index (χ4n) is 4.69. The molecule has 0 radical (unpaired) electrons.